The third-order valence-electron chi connectivity index (χ3n) is 6.53. The fourth-order valence-corrected chi connectivity index (χ4v) is 4.82. The summed E-state index contributed by atoms with van der Waals surface area (Å²) in [6.07, 6.45) is 4.95. The molecule has 2 atom stereocenters. The number of hydrogen-bond acceptors (Lipinski definition) is 6. The van der Waals surface area contributed by atoms with E-state index in [9.17, 15) is 14.4 Å². The molecule has 8 nitrogen and oxygen atoms in total. The first-order valence-electron chi connectivity index (χ1n) is 11.9. The van der Waals surface area contributed by atoms with Gasteiger partial charge in [-0.05, 0) is 48.1 Å². The molecule has 1 fully saturated rings. The van der Waals surface area contributed by atoms with E-state index in [4.69, 9.17) is 9.84 Å². The number of rotatable bonds is 5. The van der Waals surface area contributed by atoms with Crippen molar-refractivity contribution in [3.63, 3.8) is 0 Å². The van der Waals surface area contributed by atoms with Crippen molar-refractivity contribution in [2.45, 2.75) is 25.3 Å². The van der Waals surface area contributed by atoms with Crippen molar-refractivity contribution in [3.05, 3.63) is 106 Å². The van der Waals surface area contributed by atoms with Crippen molar-refractivity contribution < 1.29 is 14.3 Å². The number of fused-ring (bicyclic) bond motifs is 1. The first kappa shape index (κ1) is 23.4. The minimum Gasteiger partial charge on any atom is -0.451 e. The molecule has 36 heavy (non-hydrogen) atoms. The van der Waals surface area contributed by atoms with Crippen molar-refractivity contribution in [1.82, 2.24) is 14.8 Å². The number of nitrogens with zero attached hydrogens (tertiary/aromatic N) is 4. The molecule has 2 heterocycles. The average Bonchev–Trinajstić information content (AvgIpc) is 3.30. The number of benzene rings is 2. The lowest BCUT2D eigenvalue weighted by Crippen LogP contribution is -2.34. The second-order valence-electron chi connectivity index (χ2n) is 8.91. The molecule has 0 bridgehead atoms. The summed E-state index contributed by atoms with van der Waals surface area (Å²) in [5.74, 6) is -1.13. The molecular weight excluding hydrogens is 456 g/mol. The molecule has 1 aromatic heterocycles. The molecule has 2 unspecified atom stereocenters. The maximum atomic E-state index is 13.3. The number of carbonyl (C=O) groups excluding carboxylic acids is 2. The van der Waals surface area contributed by atoms with Gasteiger partial charge in [0.1, 0.15) is 0 Å². The summed E-state index contributed by atoms with van der Waals surface area (Å²) in [6, 6.07) is 22.2. The van der Waals surface area contributed by atoms with Crippen LogP contribution in [0.4, 0.5) is 0 Å². The van der Waals surface area contributed by atoms with Gasteiger partial charge in [-0.15, -0.1) is 0 Å². The van der Waals surface area contributed by atoms with Crippen molar-refractivity contribution >= 4 is 23.7 Å². The highest BCUT2D eigenvalue weighted by molar-refractivity contribution is 6.08. The fraction of sp³-hybridized carbons (Fsp3) is 0.250. The Hall–Kier alpha value is -4.33. The summed E-state index contributed by atoms with van der Waals surface area (Å²) in [6.45, 7) is -0.478. The van der Waals surface area contributed by atoms with Gasteiger partial charge in [0, 0.05) is 19.0 Å². The van der Waals surface area contributed by atoms with Gasteiger partial charge >= 0.3 is 5.97 Å². The monoisotopic (exact) mass is 482 g/mol. The van der Waals surface area contributed by atoms with Gasteiger partial charge in [-0.2, -0.15) is 10.2 Å². The lowest BCUT2D eigenvalue weighted by molar-refractivity contribution is -0.137. The van der Waals surface area contributed by atoms with Gasteiger partial charge < -0.3 is 4.74 Å². The Kier molecular flexibility index (Phi) is 6.58. The van der Waals surface area contributed by atoms with Crippen LogP contribution in [0.3, 0.4) is 0 Å². The van der Waals surface area contributed by atoms with Gasteiger partial charge in [0.25, 0.3) is 11.5 Å². The van der Waals surface area contributed by atoms with E-state index in [1.54, 1.807) is 0 Å². The van der Waals surface area contributed by atoms with Crippen molar-refractivity contribution in [1.29, 1.82) is 0 Å². The zero-order valence-corrected chi connectivity index (χ0v) is 19.9. The molecule has 2 aromatic carbocycles. The molecule has 1 saturated carbocycles. The predicted molar refractivity (Wildman–Crippen MR) is 135 cm³/mol. The maximum Gasteiger partial charge on any atom is 0.359 e. The molecule has 1 amide bonds. The number of amides is 1. The summed E-state index contributed by atoms with van der Waals surface area (Å²) in [5.41, 5.74) is 3.73. The molecule has 2 aliphatic rings. The molecule has 182 valence electrons. The van der Waals surface area contributed by atoms with Crippen LogP contribution in [0.25, 0.3) is 6.08 Å². The number of hydrazone groups is 1. The first-order valence-corrected chi connectivity index (χ1v) is 11.9. The summed E-state index contributed by atoms with van der Waals surface area (Å²) < 4.78 is 6.31. The minimum absolute atomic E-state index is 0.0426. The predicted octanol–water partition coefficient (Wildman–Crippen LogP) is 3.76. The quantitative estimate of drug-likeness (QED) is 0.516. The van der Waals surface area contributed by atoms with E-state index >= 15 is 0 Å². The Morgan fingerprint density at radius 1 is 1.03 bits per heavy atom. The second-order valence-corrected chi connectivity index (χ2v) is 8.91. The van der Waals surface area contributed by atoms with Crippen LogP contribution in [-0.2, 0) is 16.6 Å². The number of esters is 1. The van der Waals surface area contributed by atoms with Crippen molar-refractivity contribution in [2.75, 3.05) is 6.61 Å². The zero-order chi connectivity index (χ0) is 25.1. The van der Waals surface area contributed by atoms with Gasteiger partial charge in [0.15, 0.2) is 12.3 Å². The topological polar surface area (TPSA) is 93.9 Å². The van der Waals surface area contributed by atoms with Crippen molar-refractivity contribution in [2.24, 2.45) is 18.1 Å². The van der Waals surface area contributed by atoms with E-state index in [-0.39, 0.29) is 23.2 Å². The smallest absolute Gasteiger partial charge is 0.359 e. The van der Waals surface area contributed by atoms with Crippen LogP contribution in [0.1, 0.15) is 46.9 Å². The number of ether oxygens (including phenoxy) is 1. The fourth-order valence-electron chi connectivity index (χ4n) is 4.82. The third-order valence-corrected chi connectivity index (χ3v) is 6.53. The van der Waals surface area contributed by atoms with E-state index in [0.29, 0.717) is 0 Å². The van der Waals surface area contributed by atoms with Gasteiger partial charge in [-0.25, -0.2) is 14.5 Å². The van der Waals surface area contributed by atoms with Crippen LogP contribution in [0.5, 0.6) is 0 Å². The summed E-state index contributed by atoms with van der Waals surface area (Å²) in [7, 11) is 1.44. The third kappa shape index (κ3) is 4.75. The van der Waals surface area contributed by atoms with Gasteiger partial charge in [-0.3, -0.25) is 9.59 Å². The summed E-state index contributed by atoms with van der Waals surface area (Å²) >= 11 is 0. The Bertz CT molecular complexity index is 1400. The molecule has 8 heteroatoms. The lowest BCUT2D eigenvalue weighted by atomic mass is 9.77. The van der Waals surface area contributed by atoms with Crippen LogP contribution in [-0.4, -0.2) is 39.0 Å². The Labute approximate surface area is 208 Å². The van der Waals surface area contributed by atoms with E-state index in [1.165, 1.54) is 24.2 Å². The standard InChI is InChI=1S/C28H26N4O4/c1-31-24(33)16-15-23(29-31)28(35)36-18-25(34)32-27(20-11-6-3-7-12-20)22-14-8-13-21(26(22)30-32)17-19-9-4-2-5-10-19/h2-7,9-12,15-17,22,27H,8,13-14,18H2,1H3/b21-17-. The van der Waals surface area contributed by atoms with Crippen LogP contribution < -0.4 is 5.56 Å². The molecule has 0 radical (unpaired) electrons. The normalized spacial score (nSPS) is 20.1. The molecule has 0 N–H and O–H groups in total. The largest absolute Gasteiger partial charge is 0.451 e. The summed E-state index contributed by atoms with van der Waals surface area (Å²) in [4.78, 5) is 37.3. The van der Waals surface area contributed by atoms with Gasteiger partial charge in [-0.1, -0.05) is 60.7 Å². The Morgan fingerprint density at radius 2 is 1.75 bits per heavy atom. The number of aromatic nitrogens is 2. The van der Waals surface area contributed by atoms with Gasteiger partial charge in [0.05, 0.1) is 11.8 Å². The molecule has 1 aliphatic carbocycles. The molecular formula is C28H26N4O4. The lowest BCUT2D eigenvalue weighted by Gasteiger charge is -2.29. The highest BCUT2D eigenvalue weighted by atomic mass is 16.5. The Morgan fingerprint density at radius 3 is 2.47 bits per heavy atom. The molecule has 1 aliphatic heterocycles. The van der Waals surface area contributed by atoms with Crippen LogP contribution in [0, 0.1) is 5.92 Å². The molecule has 0 spiro atoms. The maximum absolute atomic E-state index is 13.3. The molecule has 5 rings (SSSR count). The minimum atomic E-state index is -0.774. The number of allylic oxidation sites excluding steroid dienone is 1. The Balaban J connectivity index is 1.41. The van der Waals surface area contributed by atoms with Crippen LogP contribution >= 0.6 is 0 Å². The first-order chi connectivity index (χ1) is 17.5. The average molecular weight is 483 g/mol. The van der Waals surface area contributed by atoms with E-state index in [2.05, 4.69) is 23.3 Å². The van der Waals surface area contributed by atoms with E-state index in [0.717, 1.165) is 46.4 Å². The number of aryl methyl sites for hydroxylation is 1. The van der Waals surface area contributed by atoms with Crippen molar-refractivity contribution in [3.8, 4) is 0 Å². The number of carbonyl (C=O) groups is 2. The highest BCUT2D eigenvalue weighted by Crippen LogP contribution is 2.44. The van der Waals surface area contributed by atoms with Gasteiger partial charge in [0.2, 0.25) is 0 Å². The second kappa shape index (κ2) is 10.1. The molecule has 0 saturated heterocycles. The zero-order valence-electron chi connectivity index (χ0n) is 19.9. The van der Waals surface area contributed by atoms with Crippen LogP contribution in [0.15, 0.2) is 88.3 Å². The SMILES string of the molecule is Cn1nc(C(=O)OCC(=O)N2N=C3/C(=C\c4ccccc4)CCCC3C2c2ccccc2)ccc1=O. The van der Waals surface area contributed by atoms with Crippen LogP contribution in [0.2, 0.25) is 0 Å². The number of hydrogen-bond donors (Lipinski definition) is 0. The summed E-state index contributed by atoms with van der Waals surface area (Å²) in [5, 5.41) is 10.2. The molecule has 3 aromatic rings. The van der Waals surface area contributed by atoms with E-state index in [1.807, 2.05) is 48.5 Å². The highest BCUT2D eigenvalue weighted by Gasteiger charge is 2.43. The van der Waals surface area contributed by atoms with E-state index < -0.39 is 18.5 Å².